The van der Waals surface area contributed by atoms with Gasteiger partial charge in [0.2, 0.25) is 0 Å². The lowest BCUT2D eigenvalue weighted by Gasteiger charge is -2.07. The van der Waals surface area contributed by atoms with Gasteiger partial charge in [0.25, 0.3) is 5.91 Å². The third kappa shape index (κ3) is 4.47. The fourth-order valence-electron chi connectivity index (χ4n) is 2.59. The van der Waals surface area contributed by atoms with E-state index in [0.717, 1.165) is 11.3 Å². The summed E-state index contributed by atoms with van der Waals surface area (Å²) >= 11 is 0. The first-order chi connectivity index (χ1) is 13.0. The Kier molecular flexibility index (Phi) is 5.45. The summed E-state index contributed by atoms with van der Waals surface area (Å²) in [6, 6.07) is 13.0. The third-order valence-electron chi connectivity index (χ3n) is 4.10. The minimum atomic E-state index is -0.409. The molecule has 0 radical (unpaired) electrons. The first kappa shape index (κ1) is 18.5. The minimum absolute atomic E-state index is 0.180. The zero-order valence-corrected chi connectivity index (χ0v) is 15.3. The molecule has 0 aliphatic carbocycles. The van der Waals surface area contributed by atoms with Crippen LogP contribution in [0.3, 0.4) is 0 Å². The molecule has 3 aromatic rings. The van der Waals surface area contributed by atoms with Crippen LogP contribution in [-0.4, -0.2) is 13.0 Å². The van der Waals surface area contributed by atoms with Crippen LogP contribution in [-0.2, 0) is 6.61 Å². The van der Waals surface area contributed by atoms with E-state index in [-0.39, 0.29) is 12.5 Å². The monoisotopic (exact) mass is 369 g/mol. The number of hydrogen-bond donors (Lipinski definition) is 1. The molecule has 1 heterocycles. The summed E-state index contributed by atoms with van der Waals surface area (Å²) in [4.78, 5) is 12.5. The molecular formula is C21H20FNO4. The molecule has 6 heteroatoms. The van der Waals surface area contributed by atoms with Gasteiger partial charge in [-0.25, -0.2) is 4.39 Å². The molecule has 0 spiro atoms. The van der Waals surface area contributed by atoms with Gasteiger partial charge in [-0.3, -0.25) is 4.79 Å². The van der Waals surface area contributed by atoms with Gasteiger partial charge in [0.1, 0.15) is 35.4 Å². The molecule has 140 valence electrons. The van der Waals surface area contributed by atoms with Crippen molar-refractivity contribution >= 4 is 11.6 Å². The molecule has 0 unspecified atom stereocenters. The van der Waals surface area contributed by atoms with Crippen LogP contribution in [0, 0.1) is 19.7 Å². The Labute approximate surface area is 156 Å². The third-order valence-corrected chi connectivity index (χ3v) is 4.10. The summed E-state index contributed by atoms with van der Waals surface area (Å²) in [6.45, 7) is 3.68. The van der Waals surface area contributed by atoms with Crippen LogP contribution >= 0.6 is 0 Å². The molecule has 0 atom stereocenters. The van der Waals surface area contributed by atoms with Gasteiger partial charge in [0, 0.05) is 5.69 Å². The number of hydrogen-bond acceptors (Lipinski definition) is 4. The summed E-state index contributed by atoms with van der Waals surface area (Å²) in [6.07, 6.45) is 0. The number of carbonyl (C=O) groups is 1. The van der Waals surface area contributed by atoms with Crippen molar-refractivity contribution < 1.29 is 23.1 Å². The average Bonchev–Trinajstić information content (AvgIpc) is 3.04. The molecule has 3 rings (SSSR count). The van der Waals surface area contributed by atoms with Crippen molar-refractivity contribution in [2.75, 3.05) is 12.4 Å². The summed E-state index contributed by atoms with van der Waals surface area (Å²) in [5.74, 6) is 1.61. The van der Waals surface area contributed by atoms with Crippen molar-refractivity contribution in [3.8, 4) is 11.5 Å². The number of rotatable bonds is 6. The Hall–Kier alpha value is -3.28. The van der Waals surface area contributed by atoms with Gasteiger partial charge >= 0.3 is 0 Å². The Morgan fingerprint density at radius 1 is 1.07 bits per heavy atom. The van der Waals surface area contributed by atoms with Gasteiger partial charge < -0.3 is 19.2 Å². The Morgan fingerprint density at radius 2 is 1.78 bits per heavy atom. The molecule has 27 heavy (non-hydrogen) atoms. The van der Waals surface area contributed by atoms with Crippen molar-refractivity contribution in [2.45, 2.75) is 20.5 Å². The number of halogens is 1. The highest BCUT2D eigenvalue weighted by atomic mass is 19.1. The van der Waals surface area contributed by atoms with Crippen molar-refractivity contribution in [3.63, 3.8) is 0 Å². The van der Waals surface area contributed by atoms with Gasteiger partial charge in [-0.1, -0.05) is 6.07 Å². The molecule has 5 nitrogen and oxygen atoms in total. The number of nitrogens with one attached hydrogen (secondary N) is 1. The first-order valence-electron chi connectivity index (χ1n) is 8.40. The second-order valence-corrected chi connectivity index (χ2v) is 6.06. The number of aryl methyl sites for hydroxylation is 2. The molecule has 1 aromatic heterocycles. The number of amides is 1. The number of methoxy groups -OCH3 is 1. The summed E-state index contributed by atoms with van der Waals surface area (Å²) < 4.78 is 29.8. The maximum absolute atomic E-state index is 13.4. The van der Waals surface area contributed by atoms with Crippen LogP contribution in [0.1, 0.15) is 27.4 Å². The van der Waals surface area contributed by atoms with Gasteiger partial charge in [0.15, 0.2) is 0 Å². The predicted molar refractivity (Wildman–Crippen MR) is 99.9 cm³/mol. The van der Waals surface area contributed by atoms with Crippen LogP contribution in [0.25, 0.3) is 0 Å². The second-order valence-electron chi connectivity index (χ2n) is 6.06. The molecule has 0 fully saturated rings. The zero-order chi connectivity index (χ0) is 19.4. The Morgan fingerprint density at radius 3 is 2.48 bits per heavy atom. The highest BCUT2D eigenvalue weighted by Gasteiger charge is 2.16. The Bertz CT molecular complexity index is 947. The van der Waals surface area contributed by atoms with Gasteiger partial charge in [0.05, 0.1) is 12.7 Å². The van der Waals surface area contributed by atoms with E-state index in [1.165, 1.54) is 12.1 Å². The van der Waals surface area contributed by atoms with Gasteiger partial charge in [-0.05, 0) is 61.9 Å². The zero-order valence-electron chi connectivity index (χ0n) is 15.3. The van der Waals surface area contributed by atoms with E-state index in [4.69, 9.17) is 13.9 Å². The highest BCUT2D eigenvalue weighted by molar-refractivity contribution is 6.05. The van der Waals surface area contributed by atoms with E-state index < -0.39 is 5.82 Å². The second kappa shape index (κ2) is 7.95. The topological polar surface area (TPSA) is 60.7 Å². The van der Waals surface area contributed by atoms with E-state index >= 15 is 0 Å². The number of benzene rings is 2. The molecule has 0 aliphatic heterocycles. The standard InChI is InChI=1S/C21H20FNO4/c1-13-4-5-15(22)10-20(13)23-21(24)19-11-18(27-14(19)2)12-26-17-8-6-16(25-3)7-9-17/h4-11H,12H2,1-3H3,(H,23,24). The Balaban J connectivity index is 1.67. The quantitative estimate of drug-likeness (QED) is 0.673. The van der Waals surface area contributed by atoms with E-state index in [9.17, 15) is 9.18 Å². The molecule has 0 saturated heterocycles. The number of furan rings is 1. The molecule has 1 amide bonds. The SMILES string of the molecule is COc1ccc(OCc2cc(C(=O)Nc3cc(F)ccc3C)c(C)o2)cc1. The van der Waals surface area contributed by atoms with Crippen LogP contribution in [0.5, 0.6) is 11.5 Å². The molecule has 0 saturated carbocycles. The summed E-state index contributed by atoms with van der Waals surface area (Å²) in [5, 5.41) is 2.71. The lowest BCUT2D eigenvalue weighted by Crippen LogP contribution is -2.13. The number of carbonyl (C=O) groups excluding carboxylic acids is 1. The molecule has 1 N–H and O–H groups in total. The highest BCUT2D eigenvalue weighted by Crippen LogP contribution is 2.22. The predicted octanol–water partition coefficient (Wildman–Crippen LogP) is 4.88. The molecule has 0 bridgehead atoms. The summed E-state index contributed by atoms with van der Waals surface area (Å²) in [7, 11) is 1.60. The number of anilines is 1. The van der Waals surface area contributed by atoms with Crippen LogP contribution in [0.2, 0.25) is 0 Å². The smallest absolute Gasteiger partial charge is 0.259 e. The lowest BCUT2D eigenvalue weighted by atomic mass is 10.1. The van der Waals surface area contributed by atoms with Crippen molar-refractivity contribution in [3.05, 3.63) is 77.0 Å². The largest absolute Gasteiger partial charge is 0.497 e. The van der Waals surface area contributed by atoms with Crippen molar-refractivity contribution in [2.24, 2.45) is 0 Å². The molecule has 2 aromatic carbocycles. The minimum Gasteiger partial charge on any atom is -0.497 e. The van der Waals surface area contributed by atoms with Crippen LogP contribution in [0.15, 0.2) is 52.9 Å². The fourth-order valence-corrected chi connectivity index (χ4v) is 2.59. The normalized spacial score (nSPS) is 10.5. The summed E-state index contributed by atoms with van der Waals surface area (Å²) in [5.41, 5.74) is 1.58. The van der Waals surface area contributed by atoms with Gasteiger partial charge in [-0.2, -0.15) is 0 Å². The molecule has 0 aliphatic rings. The van der Waals surface area contributed by atoms with Crippen molar-refractivity contribution in [1.82, 2.24) is 0 Å². The van der Waals surface area contributed by atoms with E-state index in [0.29, 0.717) is 28.5 Å². The maximum Gasteiger partial charge on any atom is 0.259 e. The van der Waals surface area contributed by atoms with E-state index in [1.807, 2.05) is 0 Å². The average molecular weight is 369 g/mol. The van der Waals surface area contributed by atoms with E-state index in [2.05, 4.69) is 5.32 Å². The van der Waals surface area contributed by atoms with E-state index in [1.54, 1.807) is 57.4 Å². The van der Waals surface area contributed by atoms with Crippen molar-refractivity contribution in [1.29, 1.82) is 0 Å². The van der Waals surface area contributed by atoms with Crippen LogP contribution in [0.4, 0.5) is 10.1 Å². The van der Waals surface area contributed by atoms with Gasteiger partial charge in [-0.15, -0.1) is 0 Å². The maximum atomic E-state index is 13.4. The lowest BCUT2D eigenvalue weighted by molar-refractivity contribution is 0.102. The van der Waals surface area contributed by atoms with Crippen LogP contribution < -0.4 is 14.8 Å². The fraction of sp³-hybridized carbons (Fsp3) is 0.190. The number of ether oxygens (including phenoxy) is 2. The first-order valence-corrected chi connectivity index (χ1v) is 8.40. The molecular weight excluding hydrogens is 349 g/mol.